The van der Waals surface area contributed by atoms with Crippen LogP contribution in [0.15, 0.2) is 8.86 Å². The zero-order valence-corrected chi connectivity index (χ0v) is 15.1. The summed E-state index contributed by atoms with van der Waals surface area (Å²) in [6.07, 6.45) is 9.60. The Hall–Kier alpha value is -1.15. The first-order valence-electron chi connectivity index (χ1n) is 8.38. The van der Waals surface area contributed by atoms with Gasteiger partial charge in [0.2, 0.25) is 11.0 Å². The van der Waals surface area contributed by atoms with E-state index in [1.807, 2.05) is 0 Å². The molecule has 6 nitrogen and oxygen atoms in total. The predicted molar refractivity (Wildman–Crippen MR) is 92.9 cm³/mol. The molecule has 0 bridgehead atoms. The number of hydrogen-bond donors (Lipinski definition) is 1. The maximum atomic E-state index is 5.27. The highest BCUT2D eigenvalue weighted by atomic mass is 32.2. The van der Waals surface area contributed by atoms with E-state index in [0.29, 0.717) is 17.7 Å². The van der Waals surface area contributed by atoms with E-state index in [2.05, 4.69) is 32.6 Å². The van der Waals surface area contributed by atoms with Crippen LogP contribution < -0.4 is 5.32 Å². The average Bonchev–Trinajstić information content (AvgIpc) is 3.21. The van der Waals surface area contributed by atoms with Crippen molar-refractivity contribution < 1.29 is 4.52 Å². The summed E-state index contributed by atoms with van der Waals surface area (Å²) in [5.74, 6) is 2.12. The van der Waals surface area contributed by atoms with Crippen LogP contribution in [-0.4, -0.2) is 26.4 Å². The van der Waals surface area contributed by atoms with Crippen LogP contribution in [-0.2, 0) is 12.2 Å². The second kappa shape index (κ2) is 8.63. The molecule has 0 atom stereocenters. The molecule has 3 rings (SSSR count). The van der Waals surface area contributed by atoms with Crippen molar-refractivity contribution in [3.05, 3.63) is 11.7 Å². The van der Waals surface area contributed by atoms with Gasteiger partial charge >= 0.3 is 0 Å². The molecule has 8 heteroatoms. The van der Waals surface area contributed by atoms with Gasteiger partial charge in [-0.3, -0.25) is 0 Å². The van der Waals surface area contributed by atoms with Gasteiger partial charge in [-0.25, -0.2) is 0 Å². The Morgan fingerprint density at radius 1 is 1.26 bits per heavy atom. The Balaban J connectivity index is 1.46. The molecule has 2 aromatic rings. The quantitative estimate of drug-likeness (QED) is 0.709. The smallest absolute Gasteiger partial charge is 0.237 e. The van der Waals surface area contributed by atoms with Gasteiger partial charge in [0.25, 0.3) is 0 Å². The lowest BCUT2D eigenvalue weighted by Gasteiger charge is -2.21. The van der Waals surface area contributed by atoms with E-state index >= 15 is 0 Å². The van der Waals surface area contributed by atoms with Gasteiger partial charge in [0.05, 0.1) is 5.75 Å². The van der Waals surface area contributed by atoms with Crippen LogP contribution >= 0.6 is 23.1 Å². The zero-order valence-electron chi connectivity index (χ0n) is 13.5. The molecule has 1 saturated carbocycles. The van der Waals surface area contributed by atoms with Gasteiger partial charge < -0.3 is 9.84 Å². The van der Waals surface area contributed by atoms with Crippen LogP contribution in [0.1, 0.15) is 63.6 Å². The maximum absolute atomic E-state index is 5.27. The number of hydrogen-bond acceptors (Lipinski definition) is 8. The molecular weight excluding hydrogens is 330 g/mol. The summed E-state index contributed by atoms with van der Waals surface area (Å²) >= 11 is 3.21. The first-order valence-corrected chi connectivity index (χ1v) is 10.2. The molecule has 2 aromatic heterocycles. The minimum atomic E-state index is 0.562. The van der Waals surface area contributed by atoms with Crippen molar-refractivity contribution in [2.24, 2.45) is 0 Å². The van der Waals surface area contributed by atoms with Crippen LogP contribution in [0.3, 0.4) is 0 Å². The third-order valence-electron chi connectivity index (χ3n) is 3.92. The van der Waals surface area contributed by atoms with E-state index in [1.54, 1.807) is 23.1 Å². The Morgan fingerprint density at radius 3 is 2.96 bits per heavy atom. The Kier molecular flexibility index (Phi) is 6.27. The summed E-state index contributed by atoms with van der Waals surface area (Å²) < 4.78 is 6.21. The first-order chi connectivity index (χ1) is 11.3. The number of nitrogens with one attached hydrogen (secondary N) is 1. The van der Waals surface area contributed by atoms with Crippen molar-refractivity contribution in [3.63, 3.8) is 0 Å². The highest BCUT2D eigenvalue weighted by molar-refractivity contribution is 8.00. The second-order valence-corrected chi connectivity index (χ2v) is 8.05. The van der Waals surface area contributed by atoms with Crippen molar-refractivity contribution in [2.45, 2.75) is 74.4 Å². The molecule has 0 unspecified atom stereocenters. The third-order valence-corrected chi connectivity index (χ3v) is 5.89. The summed E-state index contributed by atoms with van der Waals surface area (Å²) in [6.45, 7) is 2.16. The number of thioether (sulfide) groups is 1. The van der Waals surface area contributed by atoms with Crippen LogP contribution in [0.2, 0.25) is 0 Å². The van der Waals surface area contributed by atoms with Gasteiger partial charge in [0.15, 0.2) is 10.2 Å². The molecule has 126 valence electrons. The fraction of sp³-hybridized carbons (Fsp3) is 0.733. The second-order valence-electron chi connectivity index (χ2n) is 5.85. The van der Waals surface area contributed by atoms with Gasteiger partial charge in [-0.05, 0) is 19.3 Å². The lowest BCUT2D eigenvalue weighted by atomic mass is 9.96. The molecule has 1 aliphatic rings. The van der Waals surface area contributed by atoms with E-state index in [-0.39, 0.29) is 0 Å². The van der Waals surface area contributed by atoms with Crippen LogP contribution in [0.5, 0.6) is 0 Å². The van der Waals surface area contributed by atoms with Crippen molar-refractivity contribution >= 4 is 28.2 Å². The number of rotatable bonds is 8. The minimum Gasteiger partial charge on any atom is -0.357 e. The zero-order chi connectivity index (χ0) is 15.9. The molecule has 0 spiro atoms. The lowest BCUT2D eigenvalue weighted by molar-refractivity contribution is 0.384. The van der Waals surface area contributed by atoms with Gasteiger partial charge in [0.1, 0.15) is 0 Å². The Morgan fingerprint density at radius 2 is 2.13 bits per heavy atom. The molecule has 1 N–H and O–H groups in total. The lowest BCUT2D eigenvalue weighted by Crippen LogP contribution is -2.21. The number of unbranched alkanes of at least 4 members (excludes halogenated alkanes) is 1. The monoisotopic (exact) mass is 353 g/mol. The standard InChI is InChI=1S/C15H23N5OS2/c1-2-3-9-12-17-13(21-20-12)10-22-15-19-18-14(23-15)16-11-7-5-4-6-8-11/h11H,2-10H2,1H3,(H,16,18). The molecular formula is C15H23N5OS2. The molecule has 0 saturated heterocycles. The molecule has 1 fully saturated rings. The largest absolute Gasteiger partial charge is 0.357 e. The van der Waals surface area contributed by atoms with Gasteiger partial charge in [-0.1, -0.05) is 60.9 Å². The highest BCUT2D eigenvalue weighted by Crippen LogP contribution is 2.29. The molecule has 0 radical (unpaired) electrons. The number of aryl methyl sites for hydroxylation is 1. The van der Waals surface area contributed by atoms with E-state index in [1.165, 1.54) is 32.1 Å². The highest BCUT2D eigenvalue weighted by Gasteiger charge is 2.15. The van der Waals surface area contributed by atoms with Crippen molar-refractivity contribution in [1.82, 2.24) is 20.3 Å². The number of aromatic nitrogens is 4. The first kappa shape index (κ1) is 16.7. The Labute approximate surface area is 144 Å². The van der Waals surface area contributed by atoms with Gasteiger partial charge in [-0.2, -0.15) is 4.98 Å². The summed E-state index contributed by atoms with van der Waals surface area (Å²) in [4.78, 5) is 4.41. The summed E-state index contributed by atoms with van der Waals surface area (Å²) in [6, 6.07) is 0.562. The van der Waals surface area contributed by atoms with E-state index < -0.39 is 0 Å². The van der Waals surface area contributed by atoms with E-state index in [0.717, 1.165) is 34.6 Å². The number of nitrogens with zero attached hydrogens (tertiary/aromatic N) is 4. The molecule has 2 heterocycles. The maximum Gasteiger partial charge on any atom is 0.237 e. The van der Waals surface area contributed by atoms with Crippen molar-refractivity contribution in [3.8, 4) is 0 Å². The molecule has 0 aliphatic heterocycles. The third kappa shape index (κ3) is 5.17. The van der Waals surface area contributed by atoms with E-state index in [9.17, 15) is 0 Å². The average molecular weight is 354 g/mol. The topological polar surface area (TPSA) is 76.7 Å². The van der Waals surface area contributed by atoms with Gasteiger partial charge in [-0.15, -0.1) is 10.2 Å². The Bertz CT molecular complexity index is 594. The van der Waals surface area contributed by atoms with Crippen molar-refractivity contribution in [1.29, 1.82) is 0 Å². The minimum absolute atomic E-state index is 0.562. The van der Waals surface area contributed by atoms with Gasteiger partial charge in [0, 0.05) is 12.5 Å². The number of anilines is 1. The predicted octanol–water partition coefficient (Wildman–Crippen LogP) is 4.30. The van der Waals surface area contributed by atoms with E-state index in [4.69, 9.17) is 4.52 Å². The fourth-order valence-corrected chi connectivity index (χ4v) is 4.32. The van der Waals surface area contributed by atoms with Crippen molar-refractivity contribution in [2.75, 3.05) is 5.32 Å². The fourth-order valence-electron chi connectivity index (χ4n) is 2.66. The summed E-state index contributed by atoms with van der Waals surface area (Å²) in [7, 11) is 0. The van der Waals surface area contributed by atoms with Crippen LogP contribution in [0, 0.1) is 0 Å². The molecule has 23 heavy (non-hydrogen) atoms. The van der Waals surface area contributed by atoms with Crippen LogP contribution in [0.4, 0.5) is 5.13 Å². The SMILES string of the molecule is CCCCc1noc(CSc2nnc(NC3CCCCC3)s2)n1. The normalized spacial score (nSPS) is 15.9. The summed E-state index contributed by atoms with van der Waals surface area (Å²) in [5.41, 5.74) is 0. The molecule has 0 amide bonds. The molecule has 1 aliphatic carbocycles. The molecule has 0 aromatic carbocycles. The van der Waals surface area contributed by atoms with Crippen LogP contribution in [0.25, 0.3) is 0 Å². The summed E-state index contributed by atoms with van der Waals surface area (Å²) in [5, 5.41) is 16.9.